The van der Waals surface area contributed by atoms with Crippen LogP contribution in [0.2, 0.25) is 0 Å². The Labute approximate surface area is 93.1 Å². The predicted octanol–water partition coefficient (Wildman–Crippen LogP) is 2.18. The molecule has 0 spiro atoms. The molecule has 0 radical (unpaired) electrons. The Bertz CT molecular complexity index is 425. The number of hydrogen-bond donors (Lipinski definition) is 1. The van der Waals surface area contributed by atoms with Crippen molar-refractivity contribution >= 4 is 0 Å². The minimum Gasteiger partial charge on any atom is -0.364 e. The molecule has 0 fully saturated rings. The highest BCUT2D eigenvalue weighted by Gasteiger charge is 2.04. The van der Waals surface area contributed by atoms with E-state index in [1.807, 2.05) is 24.3 Å². The fourth-order valence-electron chi connectivity index (χ4n) is 1.53. The van der Waals surface area contributed by atoms with Crippen LogP contribution in [0.4, 0.5) is 4.39 Å². The number of nitrogens with two attached hydrogens (primary N) is 1. The van der Waals surface area contributed by atoms with Crippen molar-refractivity contribution in [2.45, 2.75) is 12.5 Å². The van der Waals surface area contributed by atoms with E-state index in [4.69, 9.17) is 10.3 Å². The van der Waals surface area contributed by atoms with Gasteiger partial charge in [0, 0.05) is 17.7 Å². The Morgan fingerprint density at radius 2 is 2.00 bits per heavy atom. The molecule has 0 amide bonds. The molecule has 0 aliphatic heterocycles. The summed E-state index contributed by atoms with van der Waals surface area (Å²) in [6.45, 7) is -0.495. The van der Waals surface area contributed by atoms with Gasteiger partial charge in [0.1, 0.15) is 18.6 Å². The van der Waals surface area contributed by atoms with E-state index < -0.39 is 12.7 Å². The van der Waals surface area contributed by atoms with Crippen LogP contribution in [0.15, 0.2) is 41.1 Å². The number of aromatic nitrogens is 1. The molecule has 1 atom stereocenters. The maximum Gasteiger partial charge on any atom is 0.124 e. The first kappa shape index (κ1) is 10.8. The molecule has 3 nitrogen and oxygen atoms in total. The van der Waals surface area contributed by atoms with E-state index in [0.29, 0.717) is 6.42 Å². The van der Waals surface area contributed by atoms with Gasteiger partial charge in [-0.3, -0.25) is 0 Å². The minimum atomic E-state index is -0.495. The number of alkyl halides is 1. The lowest BCUT2D eigenvalue weighted by molar-refractivity contribution is 0.422. The number of benzene rings is 1. The molecule has 0 aliphatic carbocycles. The summed E-state index contributed by atoms with van der Waals surface area (Å²) in [6.07, 6.45) is 2.08. The molecule has 1 aromatic carbocycles. The maximum absolute atomic E-state index is 12.2. The summed E-state index contributed by atoms with van der Waals surface area (Å²) in [5.74, 6) is 0. The zero-order valence-electron chi connectivity index (χ0n) is 8.77. The lowest BCUT2D eigenvalue weighted by atomic mass is 10.0. The van der Waals surface area contributed by atoms with Crippen molar-refractivity contribution in [3.05, 3.63) is 42.2 Å². The highest BCUT2D eigenvalue weighted by atomic mass is 19.1. The fourth-order valence-corrected chi connectivity index (χ4v) is 1.53. The van der Waals surface area contributed by atoms with Crippen molar-refractivity contribution < 1.29 is 8.91 Å². The molecule has 0 saturated heterocycles. The molecule has 84 valence electrons. The van der Waals surface area contributed by atoms with Gasteiger partial charge in [-0.1, -0.05) is 29.4 Å². The Morgan fingerprint density at radius 1 is 1.25 bits per heavy atom. The summed E-state index contributed by atoms with van der Waals surface area (Å²) in [5, 5.41) is 3.83. The molecule has 2 N–H and O–H groups in total. The first-order valence-electron chi connectivity index (χ1n) is 5.11. The number of hydrogen-bond acceptors (Lipinski definition) is 3. The summed E-state index contributed by atoms with van der Waals surface area (Å²) in [4.78, 5) is 0. The van der Waals surface area contributed by atoms with Crippen LogP contribution in [0.1, 0.15) is 5.56 Å². The zero-order valence-corrected chi connectivity index (χ0v) is 8.77. The smallest absolute Gasteiger partial charge is 0.124 e. The highest BCUT2D eigenvalue weighted by molar-refractivity contribution is 5.58. The van der Waals surface area contributed by atoms with E-state index in [1.165, 1.54) is 6.26 Å². The second kappa shape index (κ2) is 4.90. The molecule has 1 heterocycles. The third-order valence-electron chi connectivity index (χ3n) is 2.38. The van der Waals surface area contributed by atoms with Crippen LogP contribution in [-0.2, 0) is 6.42 Å². The van der Waals surface area contributed by atoms with Crippen LogP contribution >= 0.6 is 0 Å². The molecule has 0 aliphatic rings. The predicted molar refractivity (Wildman–Crippen MR) is 59.6 cm³/mol. The summed E-state index contributed by atoms with van der Waals surface area (Å²) < 4.78 is 17.0. The normalized spacial score (nSPS) is 12.6. The quantitative estimate of drug-likeness (QED) is 0.859. The van der Waals surface area contributed by atoms with Crippen molar-refractivity contribution in [1.29, 1.82) is 0 Å². The van der Waals surface area contributed by atoms with Gasteiger partial charge in [0.25, 0.3) is 0 Å². The largest absolute Gasteiger partial charge is 0.364 e. The maximum atomic E-state index is 12.2. The van der Waals surface area contributed by atoms with Crippen molar-refractivity contribution in [3.63, 3.8) is 0 Å². The lowest BCUT2D eigenvalue weighted by Gasteiger charge is -2.06. The van der Waals surface area contributed by atoms with Gasteiger partial charge in [0.15, 0.2) is 0 Å². The van der Waals surface area contributed by atoms with E-state index in [2.05, 4.69) is 5.16 Å². The van der Waals surface area contributed by atoms with E-state index >= 15 is 0 Å². The molecule has 4 heteroatoms. The molecular formula is C12H13FN2O. The lowest BCUT2D eigenvalue weighted by Crippen LogP contribution is -2.24. The molecule has 2 aromatic rings. The number of halogens is 1. The van der Waals surface area contributed by atoms with Gasteiger partial charge in [-0.15, -0.1) is 0 Å². The molecule has 0 saturated carbocycles. The van der Waals surface area contributed by atoms with E-state index in [0.717, 1.165) is 16.8 Å². The van der Waals surface area contributed by atoms with Crippen LogP contribution in [-0.4, -0.2) is 17.9 Å². The molecular weight excluding hydrogens is 207 g/mol. The average Bonchev–Trinajstić information content (AvgIpc) is 2.83. The van der Waals surface area contributed by atoms with Crippen molar-refractivity contribution in [2.75, 3.05) is 6.67 Å². The second-order valence-electron chi connectivity index (χ2n) is 3.70. The first-order valence-corrected chi connectivity index (χ1v) is 5.11. The molecule has 0 unspecified atom stereocenters. The van der Waals surface area contributed by atoms with Gasteiger partial charge in [-0.05, 0) is 12.0 Å². The topological polar surface area (TPSA) is 52.0 Å². The average molecular weight is 220 g/mol. The van der Waals surface area contributed by atoms with Crippen LogP contribution in [0.5, 0.6) is 0 Å². The van der Waals surface area contributed by atoms with E-state index in [1.54, 1.807) is 6.07 Å². The molecule has 16 heavy (non-hydrogen) atoms. The third kappa shape index (κ3) is 2.46. The Balaban J connectivity index is 2.11. The second-order valence-corrected chi connectivity index (χ2v) is 3.70. The van der Waals surface area contributed by atoms with E-state index in [9.17, 15) is 4.39 Å². The van der Waals surface area contributed by atoms with Crippen molar-refractivity contribution in [2.24, 2.45) is 5.73 Å². The molecule has 2 rings (SSSR count). The van der Waals surface area contributed by atoms with Crippen molar-refractivity contribution in [1.82, 2.24) is 5.16 Å². The van der Waals surface area contributed by atoms with Crippen LogP contribution in [0.3, 0.4) is 0 Å². The monoisotopic (exact) mass is 220 g/mol. The minimum absolute atomic E-state index is 0.419. The van der Waals surface area contributed by atoms with Gasteiger partial charge >= 0.3 is 0 Å². The number of rotatable bonds is 4. The van der Waals surface area contributed by atoms with Gasteiger partial charge < -0.3 is 10.3 Å². The third-order valence-corrected chi connectivity index (χ3v) is 2.38. The molecule has 0 bridgehead atoms. The first-order chi connectivity index (χ1) is 7.79. The molecule has 1 aromatic heterocycles. The fraction of sp³-hybridized carbons (Fsp3) is 0.250. The summed E-state index contributed by atoms with van der Waals surface area (Å²) in [7, 11) is 0. The summed E-state index contributed by atoms with van der Waals surface area (Å²) in [6, 6.07) is 9.09. The summed E-state index contributed by atoms with van der Waals surface area (Å²) in [5.41, 5.74) is 8.33. The van der Waals surface area contributed by atoms with Crippen LogP contribution in [0, 0.1) is 0 Å². The van der Waals surface area contributed by atoms with E-state index in [-0.39, 0.29) is 0 Å². The van der Waals surface area contributed by atoms with Crippen LogP contribution < -0.4 is 5.73 Å². The van der Waals surface area contributed by atoms with Gasteiger partial charge in [-0.25, -0.2) is 4.39 Å². The Hall–Kier alpha value is -1.68. The van der Waals surface area contributed by atoms with Gasteiger partial charge in [-0.2, -0.15) is 0 Å². The van der Waals surface area contributed by atoms with Crippen LogP contribution in [0.25, 0.3) is 11.3 Å². The number of nitrogens with zero attached hydrogens (tertiary/aromatic N) is 1. The summed E-state index contributed by atoms with van der Waals surface area (Å²) >= 11 is 0. The Kier molecular flexibility index (Phi) is 3.31. The highest BCUT2D eigenvalue weighted by Crippen LogP contribution is 2.17. The standard InChI is InChI=1S/C12H13FN2O/c13-8-11(14)7-9-1-3-10(4-2-9)12-5-6-16-15-12/h1-6,11H,7-8,14H2/t11-/m0/s1. The van der Waals surface area contributed by atoms with Crippen molar-refractivity contribution in [3.8, 4) is 11.3 Å². The zero-order chi connectivity index (χ0) is 11.4. The SMILES string of the molecule is N[C@H](CF)Cc1ccc(-c2ccon2)cc1. The van der Waals surface area contributed by atoms with Gasteiger partial charge in [0.2, 0.25) is 0 Å². The Morgan fingerprint density at radius 3 is 2.56 bits per heavy atom. The van der Waals surface area contributed by atoms with Gasteiger partial charge in [0.05, 0.1) is 0 Å².